The number of amides is 1. The Kier molecular flexibility index (Phi) is 4.70. The normalized spacial score (nSPS) is 12.2. The van der Waals surface area contributed by atoms with Crippen molar-refractivity contribution in [2.45, 2.75) is 26.4 Å². The second kappa shape index (κ2) is 6.49. The maximum absolute atomic E-state index is 12.2. The number of carbonyl (C=O) groups is 1. The Balaban J connectivity index is 2.08. The zero-order valence-electron chi connectivity index (χ0n) is 12.5. The monoisotopic (exact) mass is 288 g/mol. The van der Waals surface area contributed by atoms with E-state index < -0.39 is 6.10 Å². The van der Waals surface area contributed by atoms with E-state index in [0.29, 0.717) is 18.7 Å². The molecule has 0 aliphatic heterocycles. The van der Waals surface area contributed by atoms with Gasteiger partial charge in [-0.15, -0.1) is 5.10 Å². The van der Waals surface area contributed by atoms with Crippen LogP contribution in [0.4, 0.5) is 0 Å². The Morgan fingerprint density at radius 2 is 2.05 bits per heavy atom. The molecule has 2 rings (SSSR count). The van der Waals surface area contributed by atoms with Crippen LogP contribution >= 0.6 is 0 Å². The van der Waals surface area contributed by atoms with E-state index >= 15 is 0 Å². The number of aliphatic hydroxyl groups is 1. The van der Waals surface area contributed by atoms with Gasteiger partial charge < -0.3 is 10.0 Å². The summed E-state index contributed by atoms with van der Waals surface area (Å²) >= 11 is 0. The number of hydrogen-bond acceptors (Lipinski definition) is 4. The number of rotatable bonds is 5. The molecule has 2 aromatic rings. The summed E-state index contributed by atoms with van der Waals surface area (Å²) in [6.07, 6.45) is 1.73. The lowest BCUT2D eigenvalue weighted by Crippen LogP contribution is -2.29. The summed E-state index contributed by atoms with van der Waals surface area (Å²) in [5, 5.41) is 17.2. The molecule has 0 bridgehead atoms. The van der Waals surface area contributed by atoms with Gasteiger partial charge in [0.15, 0.2) is 5.69 Å². The van der Waals surface area contributed by atoms with Crippen LogP contribution in [0.3, 0.4) is 0 Å². The van der Waals surface area contributed by atoms with Crippen LogP contribution in [-0.2, 0) is 0 Å². The highest BCUT2D eigenvalue weighted by molar-refractivity contribution is 5.91. The summed E-state index contributed by atoms with van der Waals surface area (Å²) in [5.74, 6) is -0.200. The molecule has 0 fully saturated rings. The topological polar surface area (TPSA) is 71.2 Å². The van der Waals surface area contributed by atoms with Crippen molar-refractivity contribution in [3.8, 4) is 5.69 Å². The van der Waals surface area contributed by atoms with Crippen LogP contribution in [0.15, 0.2) is 30.5 Å². The third kappa shape index (κ3) is 3.88. The molecule has 1 aromatic heterocycles. The maximum Gasteiger partial charge on any atom is 0.275 e. The molecule has 0 spiro atoms. The third-order valence-electron chi connectivity index (χ3n) is 3.24. The summed E-state index contributed by atoms with van der Waals surface area (Å²) in [4.78, 5) is 13.7. The van der Waals surface area contributed by atoms with Gasteiger partial charge in [-0.2, -0.15) is 0 Å². The van der Waals surface area contributed by atoms with Crippen LogP contribution < -0.4 is 0 Å². The lowest BCUT2D eigenvalue weighted by Gasteiger charge is -2.16. The van der Waals surface area contributed by atoms with E-state index in [1.165, 1.54) is 4.90 Å². The predicted octanol–water partition coefficient (Wildman–Crippen LogP) is 1.42. The molecule has 1 aromatic carbocycles. The lowest BCUT2D eigenvalue weighted by atomic mass is 10.2. The third-order valence-corrected chi connectivity index (χ3v) is 3.24. The van der Waals surface area contributed by atoms with Crippen molar-refractivity contribution >= 4 is 5.91 Å². The first-order valence-corrected chi connectivity index (χ1v) is 6.90. The molecule has 1 atom stereocenters. The molecule has 1 heterocycles. The van der Waals surface area contributed by atoms with E-state index in [0.717, 1.165) is 11.3 Å². The molecule has 1 amide bonds. The summed E-state index contributed by atoms with van der Waals surface area (Å²) in [7, 11) is 1.69. The number of hydrogen-bond donors (Lipinski definition) is 1. The zero-order valence-corrected chi connectivity index (χ0v) is 12.5. The van der Waals surface area contributed by atoms with Crippen molar-refractivity contribution in [1.29, 1.82) is 0 Å². The van der Waals surface area contributed by atoms with Gasteiger partial charge in [0.2, 0.25) is 0 Å². The molecule has 6 nitrogen and oxygen atoms in total. The fourth-order valence-corrected chi connectivity index (χ4v) is 1.86. The zero-order chi connectivity index (χ0) is 15.4. The van der Waals surface area contributed by atoms with Gasteiger partial charge in [-0.1, -0.05) is 22.9 Å². The van der Waals surface area contributed by atoms with Gasteiger partial charge in [0, 0.05) is 13.6 Å². The van der Waals surface area contributed by atoms with Crippen molar-refractivity contribution in [2.24, 2.45) is 0 Å². The van der Waals surface area contributed by atoms with Crippen LogP contribution in [0.2, 0.25) is 0 Å². The average Bonchev–Trinajstić information content (AvgIpc) is 2.94. The van der Waals surface area contributed by atoms with Crippen LogP contribution in [0.1, 0.15) is 29.4 Å². The molecule has 21 heavy (non-hydrogen) atoms. The lowest BCUT2D eigenvalue weighted by molar-refractivity contribution is 0.0763. The standard InChI is InChI=1S/C15H20N4O2/c1-11-4-6-13(7-5-11)19-10-14(16-17-19)15(21)18(3)9-8-12(2)20/h4-7,10,12,20H,8-9H2,1-3H3. The van der Waals surface area contributed by atoms with Gasteiger partial charge in [0.25, 0.3) is 5.91 Å². The van der Waals surface area contributed by atoms with Crippen LogP contribution in [0.5, 0.6) is 0 Å². The average molecular weight is 288 g/mol. The minimum atomic E-state index is -0.427. The number of aliphatic hydroxyl groups excluding tert-OH is 1. The largest absolute Gasteiger partial charge is 0.393 e. The highest BCUT2D eigenvalue weighted by atomic mass is 16.3. The highest BCUT2D eigenvalue weighted by Crippen LogP contribution is 2.09. The van der Waals surface area contributed by atoms with Crippen LogP contribution in [0.25, 0.3) is 5.69 Å². The summed E-state index contributed by atoms with van der Waals surface area (Å²) in [6, 6.07) is 7.81. The van der Waals surface area contributed by atoms with E-state index in [4.69, 9.17) is 0 Å². The van der Waals surface area contributed by atoms with E-state index in [2.05, 4.69) is 10.3 Å². The first-order chi connectivity index (χ1) is 9.97. The number of carbonyl (C=O) groups excluding carboxylic acids is 1. The van der Waals surface area contributed by atoms with Crippen molar-refractivity contribution in [2.75, 3.05) is 13.6 Å². The molecule has 0 radical (unpaired) electrons. The van der Waals surface area contributed by atoms with Gasteiger partial charge >= 0.3 is 0 Å². The summed E-state index contributed by atoms with van der Waals surface area (Å²) in [6.45, 7) is 4.19. The number of nitrogens with zero attached hydrogens (tertiary/aromatic N) is 4. The quantitative estimate of drug-likeness (QED) is 0.903. The van der Waals surface area contributed by atoms with E-state index in [1.54, 1.807) is 24.9 Å². The molecular weight excluding hydrogens is 268 g/mol. The molecule has 0 aliphatic carbocycles. The minimum absolute atomic E-state index is 0.200. The highest BCUT2D eigenvalue weighted by Gasteiger charge is 2.16. The Hall–Kier alpha value is -2.21. The van der Waals surface area contributed by atoms with Crippen molar-refractivity contribution in [3.05, 3.63) is 41.7 Å². The van der Waals surface area contributed by atoms with Gasteiger partial charge in [0.1, 0.15) is 0 Å². The molecule has 1 unspecified atom stereocenters. The van der Waals surface area contributed by atoms with Crippen molar-refractivity contribution in [1.82, 2.24) is 19.9 Å². The molecule has 112 valence electrons. The van der Waals surface area contributed by atoms with Gasteiger partial charge in [-0.3, -0.25) is 4.79 Å². The van der Waals surface area contributed by atoms with Crippen LogP contribution in [-0.4, -0.2) is 50.6 Å². The molecular formula is C15H20N4O2. The number of aryl methyl sites for hydroxylation is 1. The van der Waals surface area contributed by atoms with Gasteiger partial charge in [-0.05, 0) is 32.4 Å². The second-order valence-corrected chi connectivity index (χ2v) is 5.25. The van der Waals surface area contributed by atoms with Crippen LogP contribution in [0, 0.1) is 6.92 Å². The Bertz CT molecular complexity index is 604. The molecule has 0 saturated carbocycles. The van der Waals surface area contributed by atoms with Crippen molar-refractivity contribution < 1.29 is 9.90 Å². The Morgan fingerprint density at radius 3 is 2.67 bits per heavy atom. The number of benzene rings is 1. The molecule has 0 saturated heterocycles. The SMILES string of the molecule is Cc1ccc(-n2cc(C(=O)N(C)CCC(C)O)nn2)cc1. The fourth-order valence-electron chi connectivity index (χ4n) is 1.86. The number of aromatic nitrogens is 3. The van der Waals surface area contributed by atoms with Crippen molar-refractivity contribution in [3.63, 3.8) is 0 Å². The van der Waals surface area contributed by atoms with Gasteiger partial charge in [0.05, 0.1) is 18.0 Å². The fraction of sp³-hybridized carbons (Fsp3) is 0.400. The Morgan fingerprint density at radius 1 is 1.38 bits per heavy atom. The predicted molar refractivity (Wildman–Crippen MR) is 79.4 cm³/mol. The molecule has 0 aliphatic rings. The van der Waals surface area contributed by atoms with Gasteiger partial charge in [-0.25, -0.2) is 4.68 Å². The molecule has 1 N–H and O–H groups in total. The minimum Gasteiger partial charge on any atom is -0.393 e. The maximum atomic E-state index is 12.2. The van der Waals surface area contributed by atoms with E-state index in [9.17, 15) is 9.90 Å². The second-order valence-electron chi connectivity index (χ2n) is 5.25. The first kappa shape index (κ1) is 15.2. The molecule has 6 heteroatoms. The Labute approximate surface area is 124 Å². The summed E-state index contributed by atoms with van der Waals surface area (Å²) < 4.78 is 1.58. The smallest absolute Gasteiger partial charge is 0.275 e. The van der Waals surface area contributed by atoms with E-state index in [-0.39, 0.29) is 5.91 Å². The summed E-state index contributed by atoms with van der Waals surface area (Å²) in [5.41, 5.74) is 2.32. The van der Waals surface area contributed by atoms with E-state index in [1.807, 2.05) is 31.2 Å². The first-order valence-electron chi connectivity index (χ1n) is 6.90.